The van der Waals surface area contributed by atoms with E-state index in [1.807, 2.05) is 25.4 Å². The first-order chi connectivity index (χ1) is 10.2. The molecule has 0 unspecified atom stereocenters. The topological polar surface area (TPSA) is 31.4 Å². The monoisotopic (exact) mass is 302 g/mol. The van der Waals surface area contributed by atoms with Gasteiger partial charge < -0.3 is 15.1 Å². The molecule has 21 heavy (non-hydrogen) atoms. The van der Waals surface area contributed by atoms with Crippen LogP contribution in [0.1, 0.15) is 5.56 Å². The number of rotatable bonds is 3. The third-order valence-electron chi connectivity index (χ3n) is 3.76. The summed E-state index contributed by atoms with van der Waals surface area (Å²) >= 11 is 6.46. The molecule has 0 radical (unpaired) electrons. The number of para-hydroxylation sites is 2. The van der Waals surface area contributed by atoms with Gasteiger partial charge in [0.25, 0.3) is 0 Å². The smallest absolute Gasteiger partial charge is 0.151 e. The molecule has 1 aliphatic rings. The van der Waals surface area contributed by atoms with E-state index in [2.05, 4.69) is 45.3 Å². The molecule has 3 rings (SSSR count). The highest BCUT2D eigenvalue weighted by atomic mass is 35.5. The van der Waals surface area contributed by atoms with E-state index >= 15 is 0 Å². The molecule has 4 nitrogen and oxygen atoms in total. The molecular formula is C16H19ClN4. The number of hydrogen-bond donors (Lipinski definition) is 1. The van der Waals surface area contributed by atoms with Crippen LogP contribution in [0, 0.1) is 0 Å². The zero-order valence-corrected chi connectivity index (χ0v) is 13.1. The lowest BCUT2D eigenvalue weighted by molar-refractivity contribution is 0.800. The van der Waals surface area contributed by atoms with Crippen LogP contribution >= 0.6 is 11.6 Å². The quantitative estimate of drug-likeness (QED) is 0.944. The average Bonchev–Trinajstić information content (AvgIpc) is 2.49. The van der Waals surface area contributed by atoms with Gasteiger partial charge in [0.15, 0.2) is 5.82 Å². The second-order valence-electron chi connectivity index (χ2n) is 5.24. The van der Waals surface area contributed by atoms with Gasteiger partial charge in [0.05, 0.1) is 16.4 Å². The normalized spacial score (nSPS) is 14.2. The van der Waals surface area contributed by atoms with E-state index in [1.165, 1.54) is 5.69 Å². The molecule has 2 heterocycles. The molecular weight excluding hydrogens is 284 g/mol. The van der Waals surface area contributed by atoms with E-state index in [9.17, 15) is 0 Å². The Bertz CT molecular complexity index is 644. The molecule has 0 atom stereocenters. The van der Waals surface area contributed by atoms with Crippen LogP contribution in [0.3, 0.4) is 0 Å². The van der Waals surface area contributed by atoms with Gasteiger partial charge in [-0.1, -0.05) is 23.7 Å². The van der Waals surface area contributed by atoms with Crippen molar-refractivity contribution < 1.29 is 0 Å². The van der Waals surface area contributed by atoms with Gasteiger partial charge in [0.1, 0.15) is 0 Å². The van der Waals surface area contributed by atoms with Crippen LogP contribution in [0.2, 0.25) is 5.02 Å². The average molecular weight is 303 g/mol. The Hall–Kier alpha value is -1.78. The van der Waals surface area contributed by atoms with Crippen LogP contribution in [0.15, 0.2) is 36.5 Å². The maximum absolute atomic E-state index is 6.46. The van der Waals surface area contributed by atoms with Crippen molar-refractivity contribution in [2.75, 3.05) is 37.0 Å². The largest absolute Gasteiger partial charge is 0.371 e. The van der Waals surface area contributed by atoms with Crippen molar-refractivity contribution in [3.63, 3.8) is 0 Å². The Labute approximate surface area is 130 Å². The van der Waals surface area contributed by atoms with Gasteiger partial charge in [0.2, 0.25) is 0 Å². The lowest BCUT2D eigenvalue weighted by atomic mass is 10.1. The summed E-state index contributed by atoms with van der Waals surface area (Å²) < 4.78 is 0. The molecule has 1 N–H and O–H groups in total. The van der Waals surface area contributed by atoms with Gasteiger partial charge in [-0.2, -0.15) is 0 Å². The minimum absolute atomic E-state index is 0.696. The molecule has 1 aromatic carbocycles. The number of aromatic nitrogens is 1. The van der Waals surface area contributed by atoms with Crippen molar-refractivity contribution >= 4 is 28.8 Å². The van der Waals surface area contributed by atoms with Crippen LogP contribution in [0.25, 0.3) is 0 Å². The second-order valence-corrected chi connectivity index (χ2v) is 5.65. The number of halogens is 1. The van der Waals surface area contributed by atoms with E-state index in [0.717, 1.165) is 36.7 Å². The van der Waals surface area contributed by atoms with Crippen LogP contribution < -0.4 is 15.1 Å². The van der Waals surface area contributed by atoms with E-state index in [-0.39, 0.29) is 0 Å². The SMILES string of the molecule is CNCc1cnc(N2CCN(C)c3ccccc32)c(Cl)c1. The Balaban J connectivity index is 2.00. The van der Waals surface area contributed by atoms with Crippen molar-refractivity contribution in [2.24, 2.45) is 0 Å². The number of benzene rings is 1. The fraction of sp³-hybridized carbons (Fsp3) is 0.312. The second kappa shape index (κ2) is 5.92. The molecule has 0 amide bonds. The van der Waals surface area contributed by atoms with Crippen LogP contribution in [-0.2, 0) is 6.54 Å². The molecule has 0 fully saturated rings. The highest BCUT2D eigenvalue weighted by Gasteiger charge is 2.23. The first kappa shape index (κ1) is 14.2. The predicted molar refractivity (Wildman–Crippen MR) is 88.7 cm³/mol. The van der Waals surface area contributed by atoms with Gasteiger partial charge in [0, 0.05) is 32.9 Å². The first-order valence-corrected chi connectivity index (χ1v) is 7.45. The van der Waals surface area contributed by atoms with Gasteiger partial charge in [-0.05, 0) is 30.8 Å². The third-order valence-corrected chi connectivity index (χ3v) is 4.04. The fourth-order valence-corrected chi connectivity index (χ4v) is 2.99. The zero-order valence-electron chi connectivity index (χ0n) is 12.3. The molecule has 0 spiro atoms. The summed E-state index contributed by atoms with van der Waals surface area (Å²) in [6.45, 7) is 2.60. The number of anilines is 3. The molecule has 0 saturated carbocycles. The van der Waals surface area contributed by atoms with Gasteiger partial charge >= 0.3 is 0 Å². The Morgan fingerprint density at radius 3 is 2.71 bits per heavy atom. The molecule has 110 valence electrons. The summed E-state index contributed by atoms with van der Waals surface area (Å²) in [7, 11) is 4.03. The van der Waals surface area contributed by atoms with E-state index < -0.39 is 0 Å². The molecule has 1 aliphatic heterocycles. The summed E-state index contributed by atoms with van der Waals surface area (Å²) in [6.07, 6.45) is 1.89. The Morgan fingerprint density at radius 2 is 2.00 bits per heavy atom. The van der Waals surface area contributed by atoms with Crippen LogP contribution in [-0.4, -0.2) is 32.2 Å². The molecule has 1 aromatic heterocycles. The standard InChI is InChI=1S/C16H19ClN4/c1-18-10-12-9-13(17)16(19-11-12)21-8-7-20(2)14-5-3-4-6-15(14)21/h3-6,9,11,18H,7-8,10H2,1-2H3. The van der Waals surface area contributed by atoms with E-state index in [4.69, 9.17) is 11.6 Å². The summed E-state index contributed by atoms with van der Waals surface area (Å²) in [5.74, 6) is 0.831. The van der Waals surface area contributed by atoms with Crippen LogP contribution in [0.5, 0.6) is 0 Å². The van der Waals surface area contributed by atoms with Crippen molar-refractivity contribution in [1.29, 1.82) is 0 Å². The lowest BCUT2D eigenvalue weighted by Crippen LogP contribution is -2.36. The van der Waals surface area contributed by atoms with Gasteiger partial charge in [-0.25, -0.2) is 4.98 Å². The molecule has 0 saturated heterocycles. The lowest BCUT2D eigenvalue weighted by Gasteiger charge is -2.36. The number of nitrogens with zero attached hydrogens (tertiary/aromatic N) is 3. The first-order valence-electron chi connectivity index (χ1n) is 7.07. The van der Waals surface area contributed by atoms with Gasteiger partial charge in [-0.3, -0.25) is 0 Å². The van der Waals surface area contributed by atoms with Crippen molar-refractivity contribution in [3.8, 4) is 0 Å². The summed E-state index contributed by atoms with van der Waals surface area (Å²) in [6, 6.07) is 10.3. The molecule has 2 aromatic rings. The molecule has 5 heteroatoms. The Morgan fingerprint density at radius 1 is 1.24 bits per heavy atom. The van der Waals surface area contributed by atoms with Crippen molar-refractivity contribution in [2.45, 2.75) is 6.54 Å². The number of fused-ring (bicyclic) bond motifs is 1. The van der Waals surface area contributed by atoms with Crippen molar-refractivity contribution in [3.05, 3.63) is 47.1 Å². The third kappa shape index (κ3) is 2.69. The number of pyridine rings is 1. The summed E-state index contributed by atoms with van der Waals surface area (Å²) in [4.78, 5) is 9.03. The Kier molecular flexibility index (Phi) is 3.99. The highest BCUT2D eigenvalue weighted by Crippen LogP contribution is 2.38. The number of hydrogen-bond acceptors (Lipinski definition) is 4. The van der Waals surface area contributed by atoms with Crippen LogP contribution in [0.4, 0.5) is 17.2 Å². The molecule has 0 bridgehead atoms. The minimum Gasteiger partial charge on any atom is -0.371 e. The predicted octanol–water partition coefficient (Wildman–Crippen LogP) is 3.04. The van der Waals surface area contributed by atoms with Gasteiger partial charge in [-0.15, -0.1) is 0 Å². The number of nitrogens with one attached hydrogen (secondary N) is 1. The van der Waals surface area contributed by atoms with E-state index in [1.54, 1.807) is 0 Å². The van der Waals surface area contributed by atoms with E-state index in [0.29, 0.717) is 5.02 Å². The summed E-state index contributed by atoms with van der Waals surface area (Å²) in [5.41, 5.74) is 3.46. The number of likely N-dealkylation sites (N-methyl/N-ethyl adjacent to an activating group) is 1. The molecule has 0 aliphatic carbocycles. The minimum atomic E-state index is 0.696. The van der Waals surface area contributed by atoms with Crippen molar-refractivity contribution in [1.82, 2.24) is 10.3 Å². The zero-order chi connectivity index (χ0) is 14.8. The maximum atomic E-state index is 6.46. The summed E-state index contributed by atoms with van der Waals surface area (Å²) in [5, 5.41) is 3.81. The fourth-order valence-electron chi connectivity index (χ4n) is 2.70. The highest BCUT2D eigenvalue weighted by molar-refractivity contribution is 6.33. The maximum Gasteiger partial charge on any atom is 0.151 e.